The van der Waals surface area contributed by atoms with Crippen LogP contribution in [0, 0.1) is 17.0 Å². The first-order valence-corrected chi connectivity index (χ1v) is 11.1. The molecular weight excluding hydrogens is 454 g/mol. The summed E-state index contributed by atoms with van der Waals surface area (Å²) in [6, 6.07) is 19.6. The van der Waals surface area contributed by atoms with Gasteiger partial charge in [0.1, 0.15) is 18.1 Å². The van der Waals surface area contributed by atoms with E-state index in [0.717, 1.165) is 16.8 Å². The van der Waals surface area contributed by atoms with Crippen molar-refractivity contribution in [2.24, 2.45) is 4.99 Å². The van der Waals surface area contributed by atoms with E-state index in [2.05, 4.69) is 10.3 Å². The van der Waals surface area contributed by atoms with E-state index in [9.17, 15) is 14.9 Å². The minimum atomic E-state index is -0.424. The van der Waals surface area contributed by atoms with E-state index < -0.39 is 4.92 Å². The van der Waals surface area contributed by atoms with Crippen molar-refractivity contribution in [1.82, 2.24) is 5.32 Å². The Morgan fingerprint density at radius 2 is 1.91 bits per heavy atom. The number of amidine groups is 1. The largest absolute Gasteiger partial charge is 0.496 e. The minimum Gasteiger partial charge on any atom is -0.496 e. The molecule has 1 N–H and O–H groups in total. The Balaban J connectivity index is 1.51. The van der Waals surface area contributed by atoms with Crippen LogP contribution >= 0.6 is 11.8 Å². The Morgan fingerprint density at radius 1 is 1.12 bits per heavy atom. The quantitative estimate of drug-likeness (QED) is 0.279. The second-order valence-corrected chi connectivity index (χ2v) is 8.41. The molecule has 0 unspecified atom stereocenters. The lowest BCUT2D eigenvalue weighted by atomic mass is 10.1. The highest BCUT2D eigenvalue weighted by Crippen LogP contribution is 2.30. The first-order valence-electron chi connectivity index (χ1n) is 10.3. The van der Waals surface area contributed by atoms with Crippen LogP contribution in [-0.2, 0) is 11.4 Å². The number of rotatable bonds is 7. The van der Waals surface area contributed by atoms with Crippen molar-refractivity contribution in [3.05, 3.63) is 98.4 Å². The number of amides is 1. The summed E-state index contributed by atoms with van der Waals surface area (Å²) in [6.07, 6.45) is 1.78. The number of methoxy groups -OCH3 is 1. The monoisotopic (exact) mass is 475 g/mol. The van der Waals surface area contributed by atoms with Gasteiger partial charge in [0.2, 0.25) is 0 Å². The number of carbonyl (C=O) groups is 1. The predicted octanol–water partition coefficient (Wildman–Crippen LogP) is 5.38. The summed E-state index contributed by atoms with van der Waals surface area (Å²) in [5.41, 5.74) is 2.90. The smallest absolute Gasteiger partial charge is 0.272 e. The van der Waals surface area contributed by atoms with Crippen molar-refractivity contribution in [3.8, 4) is 11.5 Å². The number of hydrogen-bond donors (Lipinski definition) is 1. The van der Waals surface area contributed by atoms with Crippen LogP contribution in [0.5, 0.6) is 11.5 Å². The molecule has 1 saturated heterocycles. The Kier molecular flexibility index (Phi) is 6.93. The highest BCUT2D eigenvalue weighted by Gasteiger charge is 2.24. The molecule has 3 aromatic carbocycles. The van der Waals surface area contributed by atoms with E-state index >= 15 is 0 Å². The molecule has 0 spiro atoms. The normalized spacial score (nSPS) is 15.4. The van der Waals surface area contributed by atoms with Crippen LogP contribution in [0.15, 0.2) is 76.6 Å². The first kappa shape index (κ1) is 23.1. The first-order chi connectivity index (χ1) is 16.4. The van der Waals surface area contributed by atoms with Gasteiger partial charge in [0.05, 0.1) is 22.6 Å². The molecule has 1 amide bonds. The topological polar surface area (TPSA) is 103 Å². The summed E-state index contributed by atoms with van der Waals surface area (Å²) >= 11 is 1.27. The molecule has 1 fully saturated rings. The Bertz CT molecular complexity index is 1310. The maximum absolute atomic E-state index is 12.4. The summed E-state index contributed by atoms with van der Waals surface area (Å²) in [5, 5.41) is 14.3. The number of ether oxygens (including phenoxy) is 2. The molecule has 0 bridgehead atoms. The number of nitro groups is 1. The molecule has 172 valence electrons. The maximum Gasteiger partial charge on any atom is 0.272 e. The van der Waals surface area contributed by atoms with Gasteiger partial charge in [0.15, 0.2) is 5.17 Å². The summed E-state index contributed by atoms with van der Waals surface area (Å²) in [6.45, 7) is 1.86. The fourth-order valence-corrected chi connectivity index (χ4v) is 4.18. The number of hydrogen-bond acceptors (Lipinski definition) is 7. The van der Waals surface area contributed by atoms with Crippen molar-refractivity contribution in [2.75, 3.05) is 7.11 Å². The van der Waals surface area contributed by atoms with E-state index in [-0.39, 0.29) is 18.2 Å². The standard InChI is InChI=1S/C25H21N3O5S/c1-16-12-20(9-10-21(16)28(30)31)33-15-18-13-17(8-11-22(18)32-2)14-23-24(29)27-25(34-23)26-19-6-4-3-5-7-19/h3-14H,15H2,1-2H3,(H,26,27,29). The molecule has 1 aliphatic rings. The van der Waals surface area contributed by atoms with Crippen molar-refractivity contribution >= 4 is 40.3 Å². The molecule has 0 radical (unpaired) electrons. The lowest BCUT2D eigenvalue weighted by Gasteiger charge is -2.12. The van der Waals surface area contributed by atoms with Gasteiger partial charge in [-0.2, -0.15) is 0 Å². The third kappa shape index (κ3) is 5.44. The number of nitrogens with one attached hydrogen (secondary N) is 1. The third-order valence-electron chi connectivity index (χ3n) is 5.00. The van der Waals surface area contributed by atoms with Crippen molar-refractivity contribution in [3.63, 3.8) is 0 Å². The maximum atomic E-state index is 12.4. The number of nitro benzene ring substituents is 1. The Labute approximate surface area is 200 Å². The lowest BCUT2D eigenvalue weighted by Crippen LogP contribution is -2.19. The van der Waals surface area contributed by atoms with Gasteiger partial charge in [0.25, 0.3) is 11.6 Å². The molecule has 3 aromatic rings. The SMILES string of the molecule is COc1ccc(C=C2SC(=Nc3ccccc3)NC2=O)cc1COc1ccc([N+](=O)[O-])c(C)c1. The molecule has 1 aliphatic heterocycles. The van der Waals surface area contributed by atoms with E-state index in [0.29, 0.717) is 27.1 Å². The zero-order chi connectivity index (χ0) is 24.1. The average Bonchev–Trinajstić information content (AvgIpc) is 3.16. The second kappa shape index (κ2) is 10.2. The van der Waals surface area contributed by atoms with Gasteiger partial charge in [0, 0.05) is 17.2 Å². The fraction of sp³-hybridized carbons (Fsp3) is 0.120. The van der Waals surface area contributed by atoms with Gasteiger partial charge in [-0.15, -0.1) is 0 Å². The van der Waals surface area contributed by atoms with Crippen LogP contribution in [-0.4, -0.2) is 23.1 Å². The molecule has 34 heavy (non-hydrogen) atoms. The van der Waals surface area contributed by atoms with Crippen molar-refractivity contribution in [2.45, 2.75) is 13.5 Å². The summed E-state index contributed by atoms with van der Waals surface area (Å²) in [4.78, 5) is 28.0. The molecule has 0 atom stereocenters. The van der Waals surface area contributed by atoms with E-state index in [1.165, 1.54) is 17.8 Å². The molecule has 9 heteroatoms. The average molecular weight is 476 g/mol. The summed E-state index contributed by atoms with van der Waals surface area (Å²) in [5.74, 6) is 0.937. The molecule has 4 rings (SSSR count). The fourth-order valence-electron chi connectivity index (χ4n) is 3.34. The van der Waals surface area contributed by atoms with Crippen molar-refractivity contribution < 1.29 is 19.2 Å². The predicted molar refractivity (Wildman–Crippen MR) is 132 cm³/mol. The summed E-state index contributed by atoms with van der Waals surface area (Å²) < 4.78 is 11.3. The van der Waals surface area contributed by atoms with Gasteiger partial charge in [-0.25, -0.2) is 4.99 Å². The van der Waals surface area contributed by atoms with Crippen LogP contribution in [0.2, 0.25) is 0 Å². The second-order valence-electron chi connectivity index (χ2n) is 7.38. The molecule has 0 aromatic heterocycles. The zero-order valence-corrected chi connectivity index (χ0v) is 19.3. The van der Waals surface area contributed by atoms with Crippen molar-refractivity contribution in [1.29, 1.82) is 0 Å². The van der Waals surface area contributed by atoms with Gasteiger partial charge >= 0.3 is 0 Å². The van der Waals surface area contributed by atoms with E-state index in [4.69, 9.17) is 9.47 Å². The molecule has 1 heterocycles. The zero-order valence-electron chi connectivity index (χ0n) is 18.5. The lowest BCUT2D eigenvalue weighted by molar-refractivity contribution is -0.385. The van der Waals surface area contributed by atoms with Crippen LogP contribution < -0.4 is 14.8 Å². The minimum absolute atomic E-state index is 0.0427. The third-order valence-corrected chi connectivity index (χ3v) is 5.91. The Hall–Kier alpha value is -4.11. The number of benzene rings is 3. The van der Waals surface area contributed by atoms with E-state index in [1.54, 1.807) is 32.2 Å². The van der Waals surface area contributed by atoms with Gasteiger partial charge in [-0.05, 0) is 66.7 Å². The highest BCUT2D eigenvalue weighted by molar-refractivity contribution is 8.18. The van der Waals surface area contributed by atoms with Gasteiger partial charge < -0.3 is 14.8 Å². The number of aliphatic imine (C=N–C) groups is 1. The van der Waals surface area contributed by atoms with Crippen LogP contribution in [0.25, 0.3) is 6.08 Å². The number of para-hydroxylation sites is 1. The van der Waals surface area contributed by atoms with Gasteiger partial charge in [-0.3, -0.25) is 14.9 Å². The van der Waals surface area contributed by atoms with Crippen LogP contribution in [0.3, 0.4) is 0 Å². The van der Waals surface area contributed by atoms with E-state index in [1.807, 2.05) is 48.5 Å². The number of aryl methyl sites for hydroxylation is 1. The number of thioether (sulfide) groups is 1. The molecular formula is C25H21N3O5S. The van der Waals surface area contributed by atoms with Crippen LogP contribution in [0.4, 0.5) is 11.4 Å². The Morgan fingerprint density at radius 3 is 2.62 bits per heavy atom. The summed E-state index contributed by atoms with van der Waals surface area (Å²) in [7, 11) is 1.57. The van der Waals surface area contributed by atoms with Gasteiger partial charge in [-0.1, -0.05) is 24.3 Å². The molecule has 8 nitrogen and oxygen atoms in total. The highest BCUT2D eigenvalue weighted by atomic mass is 32.2. The van der Waals surface area contributed by atoms with Crippen LogP contribution in [0.1, 0.15) is 16.7 Å². The molecule has 0 saturated carbocycles. The molecule has 0 aliphatic carbocycles. The number of carbonyl (C=O) groups excluding carboxylic acids is 1. The number of nitrogens with zero attached hydrogens (tertiary/aromatic N) is 2.